The van der Waals surface area contributed by atoms with Crippen molar-refractivity contribution in [2.45, 2.75) is 0 Å². The molecule has 0 spiro atoms. The van der Waals surface area contributed by atoms with Gasteiger partial charge < -0.3 is 13.3 Å². The van der Waals surface area contributed by atoms with Gasteiger partial charge in [0, 0.05) is 12.1 Å². The number of hydrogen-bond acceptors (Lipinski definition) is 4. The summed E-state index contributed by atoms with van der Waals surface area (Å²) < 4.78 is 15.9. The smallest absolute Gasteiger partial charge is 0.186 e. The minimum Gasteiger partial charge on any atom is -0.461 e. The summed E-state index contributed by atoms with van der Waals surface area (Å²) in [7, 11) is 0. The summed E-state index contributed by atoms with van der Waals surface area (Å²) in [5.41, 5.74) is -0.158. The van der Waals surface area contributed by atoms with E-state index in [9.17, 15) is 4.79 Å². The largest absolute Gasteiger partial charge is 0.461 e. The molecule has 0 aliphatic carbocycles. The molecule has 0 fully saturated rings. The van der Waals surface area contributed by atoms with E-state index in [0.717, 1.165) is 0 Å². The van der Waals surface area contributed by atoms with E-state index in [1.807, 2.05) is 0 Å². The second-order valence-electron chi connectivity index (χ2n) is 3.48. The minimum absolute atomic E-state index is 0.158. The van der Waals surface area contributed by atoms with Crippen molar-refractivity contribution in [1.29, 1.82) is 0 Å². The highest BCUT2D eigenvalue weighted by Gasteiger charge is 2.10. The third kappa shape index (κ3) is 1.80. The van der Waals surface area contributed by atoms with Gasteiger partial charge in [-0.2, -0.15) is 0 Å². The Morgan fingerprint density at radius 2 is 1.29 bits per heavy atom. The van der Waals surface area contributed by atoms with E-state index in [1.54, 1.807) is 24.3 Å². The first-order valence-corrected chi connectivity index (χ1v) is 5.06. The van der Waals surface area contributed by atoms with Gasteiger partial charge in [0.25, 0.3) is 0 Å². The molecule has 0 saturated carbocycles. The number of rotatable bonds is 2. The molecule has 0 unspecified atom stereocenters. The average Bonchev–Trinajstić information content (AvgIpc) is 3.02. The number of furan rings is 2. The molecule has 0 aromatic carbocycles. The first-order valence-electron chi connectivity index (χ1n) is 5.06. The predicted molar refractivity (Wildman–Crippen MR) is 60.4 cm³/mol. The van der Waals surface area contributed by atoms with E-state index in [2.05, 4.69) is 0 Å². The van der Waals surface area contributed by atoms with Gasteiger partial charge in [0.1, 0.15) is 0 Å². The van der Waals surface area contributed by atoms with Gasteiger partial charge in [0.05, 0.1) is 12.5 Å². The summed E-state index contributed by atoms with van der Waals surface area (Å²) in [4.78, 5) is 11.6. The fourth-order valence-electron chi connectivity index (χ4n) is 1.56. The fourth-order valence-corrected chi connectivity index (χ4v) is 1.56. The molecule has 4 nitrogen and oxygen atoms in total. The van der Waals surface area contributed by atoms with Crippen molar-refractivity contribution < 1.29 is 13.3 Å². The summed E-state index contributed by atoms with van der Waals surface area (Å²) in [5.74, 6) is 1.79. The first-order chi connectivity index (χ1) is 8.33. The van der Waals surface area contributed by atoms with Gasteiger partial charge in [0.15, 0.2) is 28.5 Å². The lowest BCUT2D eigenvalue weighted by Gasteiger charge is -1.99. The van der Waals surface area contributed by atoms with Crippen LogP contribution < -0.4 is 5.43 Å². The quantitative estimate of drug-likeness (QED) is 0.676. The van der Waals surface area contributed by atoms with Crippen LogP contribution in [0.1, 0.15) is 0 Å². The second kappa shape index (κ2) is 3.83. The van der Waals surface area contributed by atoms with Crippen LogP contribution in [0.4, 0.5) is 0 Å². The third-order valence-electron chi connectivity index (χ3n) is 2.29. The van der Waals surface area contributed by atoms with Crippen molar-refractivity contribution >= 4 is 0 Å². The molecule has 3 aromatic heterocycles. The van der Waals surface area contributed by atoms with Crippen molar-refractivity contribution in [2.24, 2.45) is 0 Å². The Kier molecular flexibility index (Phi) is 2.19. The van der Waals surface area contributed by atoms with E-state index in [-0.39, 0.29) is 5.43 Å². The molecule has 0 aliphatic rings. The van der Waals surface area contributed by atoms with Crippen LogP contribution in [0.3, 0.4) is 0 Å². The highest BCUT2D eigenvalue weighted by atomic mass is 16.4. The predicted octanol–water partition coefficient (Wildman–Crippen LogP) is 3.16. The van der Waals surface area contributed by atoms with E-state index < -0.39 is 0 Å². The maximum Gasteiger partial charge on any atom is 0.186 e. The van der Waals surface area contributed by atoms with E-state index in [1.165, 1.54) is 24.7 Å². The van der Waals surface area contributed by atoms with Gasteiger partial charge in [-0.25, -0.2) is 0 Å². The van der Waals surface area contributed by atoms with Crippen LogP contribution in [0.25, 0.3) is 23.0 Å². The molecular formula is C13H8O4. The summed E-state index contributed by atoms with van der Waals surface area (Å²) in [5, 5.41) is 0. The van der Waals surface area contributed by atoms with E-state index >= 15 is 0 Å². The molecule has 3 aromatic rings. The Morgan fingerprint density at radius 1 is 0.765 bits per heavy atom. The lowest BCUT2D eigenvalue weighted by atomic mass is 10.2. The van der Waals surface area contributed by atoms with Crippen LogP contribution >= 0.6 is 0 Å². The Balaban J connectivity index is 2.17. The van der Waals surface area contributed by atoms with Crippen molar-refractivity contribution in [1.82, 2.24) is 0 Å². The molecule has 0 bridgehead atoms. The normalized spacial score (nSPS) is 10.6. The Morgan fingerprint density at radius 3 is 1.71 bits per heavy atom. The monoisotopic (exact) mass is 228 g/mol. The molecule has 0 N–H and O–H groups in total. The minimum atomic E-state index is -0.158. The molecule has 0 amide bonds. The second-order valence-corrected chi connectivity index (χ2v) is 3.48. The molecule has 4 heteroatoms. The highest BCUT2D eigenvalue weighted by molar-refractivity contribution is 5.55. The summed E-state index contributed by atoms with van der Waals surface area (Å²) in [6.07, 6.45) is 3.05. The lowest BCUT2D eigenvalue weighted by molar-refractivity contribution is 0.499. The van der Waals surface area contributed by atoms with Gasteiger partial charge in [-0.05, 0) is 24.3 Å². The van der Waals surface area contributed by atoms with Crippen LogP contribution in [-0.2, 0) is 0 Å². The molecule has 3 rings (SSSR count). The Labute approximate surface area is 96.1 Å². The van der Waals surface area contributed by atoms with Crippen molar-refractivity contribution in [3.05, 3.63) is 59.1 Å². The van der Waals surface area contributed by atoms with Crippen molar-refractivity contribution in [3.8, 4) is 23.0 Å². The Bertz CT molecular complexity index is 604. The summed E-state index contributed by atoms with van der Waals surface area (Å²) >= 11 is 0. The molecule has 17 heavy (non-hydrogen) atoms. The zero-order valence-electron chi connectivity index (χ0n) is 8.75. The van der Waals surface area contributed by atoms with Gasteiger partial charge >= 0.3 is 0 Å². The molecular weight excluding hydrogens is 220 g/mol. The third-order valence-corrected chi connectivity index (χ3v) is 2.29. The van der Waals surface area contributed by atoms with Crippen LogP contribution in [0, 0.1) is 0 Å². The average molecular weight is 228 g/mol. The Hall–Kier alpha value is -2.49. The molecule has 0 saturated heterocycles. The highest BCUT2D eigenvalue weighted by Crippen LogP contribution is 2.25. The van der Waals surface area contributed by atoms with Gasteiger partial charge in [-0.15, -0.1) is 0 Å². The molecule has 3 heterocycles. The maximum atomic E-state index is 11.6. The van der Waals surface area contributed by atoms with E-state index in [4.69, 9.17) is 13.3 Å². The van der Waals surface area contributed by atoms with Crippen LogP contribution in [0.2, 0.25) is 0 Å². The molecule has 0 atom stereocenters. The van der Waals surface area contributed by atoms with Crippen molar-refractivity contribution in [3.63, 3.8) is 0 Å². The lowest BCUT2D eigenvalue weighted by Crippen LogP contribution is -1.97. The van der Waals surface area contributed by atoms with Crippen LogP contribution in [0.15, 0.2) is 67.0 Å². The van der Waals surface area contributed by atoms with Crippen LogP contribution in [0.5, 0.6) is 0 Å². The summed E-state index contributed by atoms with van der Waals surface area (Å²) in [6.45, 7) is 0. The fraction of sp³-hybridized carbons (Fsp3) is 0. The standard InChI is InChI=1S/C13H8O4/c14-9-7-12(10-3-1-5-15-10)17-13(8-9)11-4-2-6-16-11/h1-8H. The molecule has 84 valence electrons. The van der Waals surface area contributed by atoms with Gasteiger partial charge in [-0.3, -0.25) is 4.79 Å². The van der Waals surface area contributed by atoms with E-state index in [0.29, 0.717) is 23.0 Å². The zero-order chi connectivity index (χ0) is 11.7. The van der Waals surface area contributed by atoms with Crippen LogP contribution in [-0.4, -0.2) is 0 Å². The number of hydrogen-bond donors (Lipinski definition) is 0. The first kappa shape index (κ1) is 9.72. The topological polar surface area (TPSA) is 56.5 Å². The molecule has 0 aliphatic heterocycles. The zero-order valence-corrected chi connectivity index (χ0v) is 8.75. The maximum absolute atomic E-state index is 11.6. The van der Waals surface area contributed by atoms with Crippen molar-refractivity contribution in [2.75, 3.05) is 0 Å². The SMILES string of the molecule is O=c1cc(-c2ccco2)oc(-c2ccco2)c1. The molecule has 0 radical (unpaired) electrons. The van der Waals surface area contributed by atoms with Gasteiger partial charge in [0.2, 0.25) is 0 Å². The van der Waals surface area contributed by atoms with Gasteiger partial charge in [-0.1, -0.05) is 0 Å². The summed E-state index contributed by atoms with van der Waals surface area (Å²) in [6, 6.07) is 9.68.